The summed E-state index contributed by atoms with van der Waals surface area (Å²) < 4.78 is 25.2. The molecular formula is C37H55N3O9. The van der Waals surface area contributed by atoms with Gasteiger partial charge in [-0.1, -0.05) is 37.1 Å². The molecule has 12 nitrogen and oxygen atoms in total. The smallest absolute Gasteiger partial charge is 0.412 e. The van der Waals surface area contributed by atoms with Crippen molar-refractivity contribution in [1.82, 2.24) is 10.2 Å². The minimum atomic E-state index is -1.36. The van der Waals surface area contributed by atoms with Crippen molar-refractivity contribution in [2.75, 3.05) is 46.6 Å². The molecule has 6 atom stereocenters. The van der Waals surface area contributed by atoms with Crippen LogP contribution in [0, 0.1) is 17.8 Å². The summed E-state index contributed by atoms with van der Waals surface area (Å²) in [5.74, 6) is -0.931. The van der Waals surface area contributed by atoms with Crippen LogP contribution in [0.25, 0.3) is 0 Å². The highest BCUT2D eigenvalue weighted by molar-refractivity contribution is 6.03. The van der Waals surface area contributed by atoms with E-state index in [4.69, 9.17) is 23.8 Å². The van der Waals surface area contributed by atoms with Crippen LogP contribution in [0.15, 0.2) is 47.7 Å². The number of nitrogens with zero attached hydrogens (tertiary/aromatic N) is 2. The van der Waals surface area contributed by atoms with Crippen molar-refractivity contribution in [2.45, 2.75) is 89.9 Å². The van der Waals surface area contributed by atoms with E-state index in [1.54, 1.807) is 24.0 Å². The second-order valence-electron chi connectivity index (χ2n) is 12.8. The molecule has 0 unspecified atom stereocenters. The molecule has 0 radical (unpaired) electrons. The van der Waals surface area contributed by atoms with Crippen molar-refractivity contribution in [1.29, 1.82) is 0 Å². The lowest BCUT2D eigenvalue weighted by molar-refractivity contribution is -0.255. The van der Waals surface area contributed by atoms with Crippen LogP contribution in [-0.4, -0.2) is 91.5 Å². The molecule has 4 rings (SSSR count). The van der Waals surface area contributed by atoms with Gasteiger partial charge in [0.15, 0.2) is 0 Å². The molecule has 3 N–H and O–H groups in total. The Kier molecular flexibility index (Phi) is 14.3. The van der Waals surface area contributed by atoms with Gasteiger partial charge >= 0.3 is 12.2 Å². The summed E-state index contributed by atoms with van der Waals surface area (Å²) in [4.78, 5) is 33.4. The molecule has 0 bridgehead atoms. The monoisotopic (exact) mass is 685 g/mol. The van der Waals surface area contributed by atoms with Crippen LogP contribution in [-0.2, 0) is 14.3 Å². The van der Waals surface area contributed by atoms with E-state index in [-0.39, 0.29) is 44.2 Å². The third-order valence-electron chi connectivity index (χ3n) is 9.72. The molecule has 1 fully saturated rings. The van der Waals surface area contributed by atoms with E-state index >= 15 is 0 Å². The molecule has 3 aliphatic rings. The maximum atomic E-state index is 13.7. The average Bonchev–Trinajstić information content (AvgIpc) is 3.09. The Labute approximate surface area is 290 Å². The van der Waals surface area contributed by atoms with Gasteiger partial charge in [-0.3, -0.25) is 4.90 Å². The van der Waals surface area contributed by atoms with E-state index in [1.807, 2.05) is 26.0 Å². The number of oxime groups is 1. The predicted octanol–water partition coefficient (Wildman–Crippen LogP) is 5.93. The van der Waals surface area contributed by atoms with Crippen LogP contribution in [0.5, 0.6) is 11.5 Å². The van der Waals surface area contributed by atoms with Crippen LogP contribution >= 0.6 is 0 Å². The lowest BCUT2D eigenvalue weighted by Crippen LogP contribution is -2.70. The van der Waals surface area contributed by atoms with Gasteiger partial charge in [-0.25, -0.2) is 9.59 Å². The van der Waals surface area contributed by atoms with Crippen molar-refractivity contribution >= 4 is 17.9 Å². The fourth-order valence-corrected chi connectivity index (χ4v) is 7.93. The molecule has 0 spiro atoms. The number of carbonyl (C=O) groups is 2. The van der Waals surface area contributed by atoms with Gasteiger partial charge in [0.2, 0.25) is 5.79 Å². The number of allylic oxidation sites excluding steroid dienone is 1. The summed E-state index contributed by atoms with van der Waals surface area (Å²) >= 11 is 0. The summed E-state index contributed by atoms with van der Waals surface area (Å²) in [6.45, 7) is 11.0. The lowest BCUT2D eigenvalue weighted by atomic mass is 9.55. The Hall–Kier alpha value is -3.61. The minimum Gasteiger partial charge on any atom is -0.459 e. The zero-order valence-electron chi connectivity index (χ0n) is 29.5. The normalized spacial score (nSPS) is 26.0. The number of carbonyl (C=O) groups excluding carboxylic acids is 2. The molecule has 1 aliphatic heterocycles. The molecule has 2 aliphatic carbocycles. The van der Waals surface area contributed by atoms with Crippen molar-refractivity contribution in [3.05, 3.63) is 48.1 Å². The van der Waals surface area contributed by atoms with E-state index in [2.05, 4.69) is 23.1 Å². The molecular weight excluding hydrogens is 630 g/mol. The Morgan fingerprint density at radius 1 is 1.14 bits per heavy atom. The molecule has 1 heterocycles. The number of fused-ring (bicyclic) bond motifs is 2. The van der Waals surface area contributed by atoms with Crippen LogP contribution in [0.1, 0.15) is 83.6 Å². The lowest BCUT2D eigenvalue weighted by Gasteiger charge is -2.59. The van der Waals surface area contributed by atoms with Gasteiger partial charge in [0.05, 0.1) is 24.8 Å². The highest BCUT2D eigenvalue weighted by Gasteiger charge is 2.65. The second kappa shape index (κ2) is 18.4. The quantitative estimate of drug-likeness (QED) is 0.0972. The molecule has 0 aromatic heterocycles. The van der Waals surface area contributed by atoms with Gasteiger partial charge in [-0.15, -0.1) is 6.58 Å². The van der Waals surface area contributed by atoms with E-state index in [0.717, 1.165) is 36.8 Å². The molecule has 12 heteroatoms. The summed E-state index contributed by atoms with van der Waals surface area (Å²) in [6, 6.07) is 4.76. The Balaban J connectivity index is 2.02. The zero-order valence-corrected chi connectivity index (χ0v) is 29.5. The standard InChI is InChI=1S/C37H55N3O9/c1-6-18-40(36(44)46-9-4)32-24-30(39-45-5)28-22-25(14-10-12-19-41)27(15-11-13-20-42)33-29-23-26(48-35(43)38-8-3)16-17-31(29)49-37(32,34(28)33)47-21-7-2/h7,16-17,22-23,25,27,32-34,41-42H,2,6,8-15,18-21,24H2,1,3-5H3,(H,38,43)/t25-,27+,32-,33+,34+,37+/m0/s1. The summed E-state index contributed by atoms with van der Waals surface area (Å²) in [6.07, 6.45) is 8.50. The van der Waals surface area contributed by atoms with Crippen LogP contribution in [0.4, 0.5) is 9.59 Å². The third kappa shape index (κ3) is 8.41. The Morgan fingerprint density at radius 3 is 2.55 bits per heavy atom. The molecule has 49 heavy (non-hydrogen) atoms. The van der Waals surface area contributed by atoms with Gasteiger partial charge in [0, 0.05) is 44.2 Å². The van der Waals surface area contributed by atoms with Crippen molar-refractivity contribution < 1.29 is 43.6 Å². The number of benzene rings is 1. The largest absolute Gasteiger partial charge is 0.459 e. The minimum absolute atomic E-state index is 0.0535. The third-order valence-corrected chi connectivity index (χ3v) is 9.72. The van der Waals surface area contributed by atoms with E-state index in [0.29, 0.717) is 56.0 Å². The number of nitrogens with one attached hydrogen (secondary N) is 1. The molecule has 1 aromatic rings. The summed E-state index contributed by atoms with van der Waals surface area (Å²) in [7, 11) is 1.52. The van der Waals surface area contributed by atoms with Gasteiger partial charge in [0.1, 0.15) is 24.7 Å². The van der Waals surface area contributed by atoms with Crippen molar-refractivity contribution in [2.24, 2.45) is 22.9 Å². The van der Waals surface area contributed by atoms with E-state index in [9.17, 15) is 19.8 Å². The Bertz CT molecular complexity index is 1330. The number of hydrogen-bond donors (Lipinski definition) is 3. The maximum Gasteiger partial charge on any atom is 0.412 e. The first kappa shape index (κ1) is 38.2. The van der Waals surface area contributed by atoms with Crippen molar-refractivity contribution in [3.63, 3.8) is 0 Å². The van der Waals surface area contributed by atoms with Gasteiger partial charge in [-0.2, -0.15) is 0 Å². The molecule has 1 saturated carbocycles. The van der Waals surface area contributed by atoms with Gasteiger partial charge < -0.3 is 39.3 Å². The number of rotatable bonds is 18. The van der Waals surface area contributed by atoms with Crippen molar-refractivity contribution in [3.8, 4) is 11.5 Å². The summed E-state index contributed by atoms with van der Waals surface area (Å²) in [5.41, 5.74) is 2.50. The van der Waals surface area contributed by atoms with Crippen LogP contribution in [0.2, 0.25) is 0 Å². The van der Waals surface area contributed by atoms with E-state index in [1.165, 1.54) is 7.11 Å². The zero-order chi connectivity index (χ0) is 35.4. The van der Waals surface area contributed by atoms with Crippen LogP contribution in [0.3, 0.4) is 0 Å². The fraction of sp³-hybridized carbons (Fsp3) is 0.649. The van der Waals surface area contributed by atoms with E-state index < -0.39 is 29.9 Å². The molecule has 0 saturated heterocycles. The maximum absolute atomic E-state index is 13.7. The molecule has 2 amide bonds. The number of hydrogen-bond acceptors (Lipinski definition) is 10. The topological polar surface area (TPSA) is 148 Å². The fourth-order valence-electron chi connectivity index (χ4n) is 7.93. The number of aliphatic hydroxyl groups is 2. The first-order chi connectivity index (χ1) is 23.8. The van der Waals surface area contributed by atoms with Crippen LogP contribution < -0.4 is 14.8 Å². The first-order valence-corrected chi connectivity index (χ1v) is 17.8. The molecule has 272 valence electrons. The Morgan fingerprint density at radius 2 is 1.90 bits per heavy atom. The number of ether oxygens (including phenoxy) is 4. The number of aliphatic hydroxyl groups excluding tert-OH is 2. The SMILES string of the molecule is C=CCO[C@@]12Oc3ccc(OC(=O)NCC)cc3[C@H]3[C@H](CCCCO)[C@@H](CCCCO)C=C(C(=NOC)C[C@@H]1N(CCC)C(=O)OCC)[C@H]32. The average molecular weight is 686 g/mol. The number of amides is 2. The highest BCUT2D eigenvalue weighted by atomic mass is 16.7. The van der Waals surface area contributed by atoms with Gasteiger partial charge in [-0.05, 0) is 81.6 Å². The first-order valence-electron chi connectivity index (χ1n) is 17.8. The van der Waals surface area contributed by atoms with Gasteiger partial charge in [0.25, 0.3) is 0 Å². The number of unbranched alkanes of at least 4 members (excludes halogenated alkanes) is 2. The second-order valence-corrected chi connectivity index (χ2v) is 12.8. The summed E-state index contributed by atoms with van der Waals surface area (Å²) in [5, 5.41) is 26.7. The predicted molar refractivity (Wildman–Crippen MR) is 186 cm³/mol. The highest BCUT2D eigenvalue weighted by Crippen LogP contribution is 2.61. The molecule has 1 aromatic carbocycles.